The van der Waals surface area contributed by atoms with Gasteiger partial charge in [0.15, 0.2) is 0 Å². The standard InChI is InChI=1S/C11H9Cl2F2NO3/c12-6-2-1-5(3-7(6)13)10(17)16-8(11(18)19)4-9(14)15/h1-3,8-9H,4H2,(H,16,17)(H,18,19). The molecule has 0 fully saturated rings. The summed E-state index contributed by atoms with van der Waals surface area (Å²) < 4.78 is 24.3. The van der Waals surface area contributed by atoms with E-state index in [-0.39, 0.29) is 15.6 Å². The summed E-state index contributed by atoms with van der Waals surface area (Å²) in [5.41, 5.74) is 0.0370. The number of nitrogens with one attached hydrogen (secondary N) is 1. The minimum Gasteiger partial charge on any atom is -0.480 e. The average molecular weight is 312 g/mol. The molecule has 0 aromatic heterocycles. The Labute approximate surface area is 117 Å². The third-order valence-electron chi connectivity index (χ3n) is 2.20. The fourth-order valence-electron chi connectivity index (χ4n) is 1.28. The first kappa shape index (κ1) is 15.7. The van der Waals surface area contributed by atoms with Gasteiger partial charge in [-0.1, -0.05) is 23.2 Å². The van der Waals surface area contributed by atoms with Crippen LogP contribution in [0, 0.1) is 0 Å². The molecule has 0 radical (unpaired) electrons. The number of halogens is 4. The lowest BCUT2D eigenvalue weighted by atomic mass is 10.1. The molecule has 0 saturated carbocycles. The van der Waals surface area contributed by atoms with Gasteiger partial charge in [0.05, 0.1) is 10.0 Å². The van der Waals surface area contributed by atoms with E-state index in [1.807, 2.05) is 5.32 Å². The van der Waals surface area contributed by atoms with E-state index in [9.17, 15) is 18.4 Å². The van der Waals surface area contributed by atoms with Crippen molar-refractivity contribution in [1.29, 1.82) is 0 Å². The molecule has 2 N–H and O–H groups in total. The van der Waals surface area contributed by atoms with Crippen LogP contribution >= 0.6 is 23.2 Å². The molecule has 0 aliphatic rings. The summed E-state index contributed by atoms with van der Waals surface area (Å²) in [4.78, 5) is 22.4. The van der Waals surface area contributed by atoms with Crippen LogP contribution in [-0.4, -0.2) is 29.5 Å². The Morgan fingerprint density at radius 2 is 1.89 bits per heavy atom. The molecule has 1 atom stereocenters. The van der Waals surface area contributed by atoms with E-state index in [0.717, 1.165) is 0 Å². The molecule has 0 aliphatic heterocycles. The second kappa shape index (κ2) is 6.68. The summed E-state index contributed by atoms with van der Waals surface area (Å²) in [5, 5.41) is 11.0. The summed E-state index contributed by atoms with van der Waals surface area (Å²) >= 11 is 11.3. The molecule has 1 rings (SSSR count). The smallest absolute Gasteiger partial charge is 0.326 e. The fraction of sp³-hybridized carbons (Fsp3) is 0.273. The summed E-state index contributed by atoms with van der Waals surface area (Å²) in [7, 11) is 0. The molecule has 1 aromatic rings. The molecule has 4 nitrogen and oxygen atoms in total. The number of aliphatic carboxylic acids is 1. The van der Waals surface area contributed by atoms with Gasteiger partial charge in [0.25, 0.3) is 5.91 Å². The van der Waals surface area contributed by atoms with Crippen LogP contribution in [0.3, 0.4) is 0 Å². The fourth-order valence-corrected chi connectivity index (χ4v) is 1.58. The maximum Gasteiger partial charge on any atom is 0.326 e. The zero-order chi connectivity index (χ0) is 14.6. The van der Waals surface area contributed by atoms with Crippen LogP contribution in [-0.2, 0) is 4.79 Å². The van der Waals surface area contributed by atoms with Crippen LogP contribution in [0.2, 0.25) is 10.0 Å². The summed E-state index contributed by atoms with van der Waals surface area (Å²) in [5.74, 6) is -2.35. The first-order valence-corrected chi connectivity index (χ1v) is 5.83. The topological polar surface area (TPSA) is 66.4 Å². The van der Waals surface area contributed by atoms with Crippen molar-refractivity contribution >= 4 is 35.1 Å². The molecule has 8 heteroatoms. The maximum absolute atomic E-state index is 12.2. The van der Waals surface area contributed by atoms with Gasteiger partial charge < -0.3 is 10.4 Å². The average Bonchev–Trinajstić information content (AvgIpc) is 2.31. The molecule has 0 bridgehead atoms. The molecule has 0 saturated heterocycles. The zero-order valence-corrected chi connectivity index (χ0v) is 10.9. The molecular weight excluding hydrogens is 303 g/mol. The SMILES string of the molecule is O=C(NC(CC(F)F)C(=O)O)c1ccc(Cl)c(Cl)c1. The first-order chi connectivity index (χ1) is 8.81. The van der Waals surface area contributed by atoms with E-state index in [0.29, 0.717) is 0 Å². The summed E-state index contributed by atoms with van der Waals surface area (Å²) in [6.07, 6.45) is -3.81. The molecule has 0 spiro atoms. The molecule has 1 amide bonds. The van der Waals surface area contributed by atoms with Crippen LogP contribution in [0.5, 0.6) is 0 Å². The molecule has 0 aliphatic carbocycles. The number of benzene rings is 1. The van der Waals surface area contributed by atoms with Gasteiger partial charge in [0.2, 0.25) is 6.43 Å². The number of hydrogen-bond acceptors (Lipinski definition) is 2. The van der Waals surface area contributed by atoms with Crippen molar-refractivity contribution in [2.24, 2.45) is 0 Å². The third-order valence-corrected chi connectivity index (χ3v) is 2.94. The van der Waals surface area contributed by atoms with Crippen molar-refractivity contribution < 1.29 is 23.5 Å². The van der Waals surface area contributed by atoms with Crippen molar-refractivity contribution in [2.45, 2.75) is 18.9 Å². The van der Waals surface area contributed by atoms with E-state index in [1.165, 1.54) is 18.2 Å². The van der Waals surface area contributed by atoms with Gasteiger partial charge in [-0.15, -0.1) is 0 Å². The lowest BCUT2D eigenvalue weighted by Gasteiger charge is -2.14. The molecular formula is C11H9Cl2F2NO3. The van der Waals surface area contributed by atoms with Gasteiger partial charge >= 0.3 is 5.97 Å². The highest BCUT2D eigenvalue weighted by molar-refractivity contribution is 6.42. The van der Waals surface area contributed by atoms with Crippen LogP contribution in [0.1, 0.15) is 16.8 Å². The molecule has 1 aromatic carbocycles. The van der Waals surface area contributed by atoms with Crippen LogP contribution in [0.15, 0.2) is 18.2 Å². The molecule has 104 valence electrons. The van der Waals surface area contributed by atoms with Crippen LogP contribution in [0.25, 0.3) is 0 Å². The number of amides is 1. The number of carbonyl (C=O) groups is 2. The predicted octanol–water partition coefficient (Wildman–Crippen LogP) is 2.83. The highest BCUT2D eigenvalue weighted by atomic mass is 35.5. The van der Waals surface area contributed by atoms with Crippen LogP contribution in [0.4, 0.5) is 8.78 Å². The normalized spacial score (nSPS) is 12.3. The van der Waals surface area contributed by atoms with Gasteiger partial charge in [-0.3, -0.25) is 4.79 Å². The van der Waals surface area contributed by atoms with Crippen molar-refractivity contribution in [3.05, 3.63) is 33.8 Å². The third kappa shape index (κ3) is 4.65. The minimum absolute atomic E-state index is 0.0370. The Balaban J connectivity index is 2.81. The van der Waals surface area contributed by atoms with E-state index in [1.54, 1.807) is 0 Å². The number of carboxylic acids is 1. The van der Waals surface area contributed by atoms with E-state index in [2.05, 4.69) is 0 Å². The summed E-state index contributed by atoms with van der Waals surface area (Å²) in [6, 6.07) is 2.22. The largest absolute Gasteiger partial charge is 0.480 e. The highest BCUT2D eigenvalue weighted by Gasteiger charge is 2.24. The Bertz CT molecular complexity index is 497. The Kier molecular flexibility index (Phi) is 5.50. The van der Waals surface area contributed by atoms with Gasteiger partial charge in [0.1, 0.15) is 6.04 Å². The highest BCUT2D eigenvalue weighted by Crippen LogP contribution is 2.22. The number of carbonyl (C=O) groups excluding carboxylic acids is 1. The number of carboxylic acid groups (broad SMARTS) is 1. The molecule has 19 heavy (non-hydrogen) atoms. The van der Waals surface area contributed by atoms with Crippen LogP contribution < -0.4 is 5.32 Å². The predicted molar refractivity (Wildman–Crippen MR) is 66.0 cm³/mol. The first-order valence-electron chi connectivity index (χ1n) is 5.08. The van der Waals surface area contributed by atoms with Crippen molar-refractivity contribution in [2.75, 3.05) is 0 Å². The lowest BCUT2D eigenvalue weighted by Crippen LogP contribution is -2.42. The lowest BCUT2D eigenvalue weighted by molar-refractivity contribution is -0.140. The second-order valence-electron chi connectivity index (χ2n) is 3.62. The monoisotopic (exact) mass is 311 g/mol. The van der Waals surface area contributed by atoms with Crippen molar-refractivity contribution in [3.8, 4) is 0 Å². The van der Waals surface area contributed by atoms with Crippen molar-refractivity contribution in [1.82, 2.24) is 5.32 Å². The number of alkyl halides is 2. The van der Waals surface area contributed by atoms with E-state index in [4.69, 9.17) is 28.3 Å². The quantitative estimate of drug-likeness (QED) is 0.878. The zero-order valence-electron chi connectivity index (χ0n) is 9.37. The Hall–Kier alpha value is -1.40. The Morgan fingerprint density at radius 3 is 2.37 bits per heavy atom. The van der Waals surface area contributed by atoms with Crippen molar-refractivity contribution in [3.63, 3.8) is 0 Å². The second-order valence-corrected chi connectivity index (χ2v) is 4.43. The van der Waals surface area contributed by atoms with E-state index < -0.39 is 30.8 Å². The summed E-state index contributed by atoms with van der Waals surface area (Å²) in [6.45, 7) is 0. The molecule has 1 unspecified atom stereocenters. The Morgan fingerprint density at radius 1 is 1.26 bits per heavy atom. The van der Waals surface area contributed by atoms with Gasteiger partial charge in [-0.05, 0) is 18.2 Å². The van der Waals surface area contributed by atoms with E-state index >= 15 is 0 Å². The van der Waals surface area contributed by atoms with Gasteiger partial charge in [0, 0.05) is 12.0 Å². The van der Waals surface area contributed by atoms with Gasteiger partial charge in [-0.2, -0.15) is 0 Å². The van der Waals surface area contributed by atoms with Gasteiger partial charge in [-0.25, -0.2) is 13.6 Å². The molecule has 0 heterocycles. The minimum atomic E-state index is -2.84. The maximum atomic E-state index is 12.2. The number of hydrogen-bond donors (Lipinski definition) is 2. The number of rotatable bonds is 5.